The third kappa shape index (κ3) is 5.03. The van der Waals surface area contributed by atoms with E-state index in [-0.39, 0.29) is 12.6 Å². The molecule has 6 nitrogen and oxygen atoms in total. The highest BCUT2D eigenvalue weighted by molar-refractivity contribution is 5.55. The quantitative estimate of drug-likeness (QED) is 0.617. The fraction of sp³-hybridized carbons (Fsp3) is 0.440. The number of benzene rings is 1. The Hall–Kier alpha value is -2.54. The van der Waals surface area contributed by atoms with Crippen molar-refractivity contribution < 1.29 is 5.11 Å². The molecule has 0 saturated carbocycles. The summed E-state index contributed by atoms with van der Waals surface area (Å²) in [5.41, 5.74) is 7.98. The van der Waals surface area contributed by atoms with E-state index in [4.69, 9.17) is 10.1 Å². The van der Waals surface area contributed by atoms with Crippen molar-refractivity contribution >= 4 is 11.7 Å². The van der Waals surface area contributed by atoms with Crippen LogP contribution in [0.1, 0.15) is 40.7 Å². The van der Waals surface area contributed by atoms with Crippen molar-refractivity contribution in [2.75, 3.05) is 32.8 Å². The van der Waals surface area contributed by atoms with Gasteiger partial charge in [0.1, 0.15) is 0 Å². The van der Waals surface area contributed by atoms with Crippen LogP contribution < -0.4 is 5.32 Å². The molecule has 2 N–H and O–H groups in total. The SMILES string of the molecule is CCc1nn2c(C)cc(C)nc2c1Cc1ccc(C=CCN2CCNC(CO)C2)cc1. The maximum Gasteiger partial charge on any atom is 0.159 e. The molecule has 0 radical (unpaired) electrons. The van der Waals surface area contributed by atoms with Crippen LogP contribution in [-0.4, -0.2) is 63.4 Å². The Kier molecular flexibility index (Phi) is 6.80. The molecule has 1 unspecified atom stereocenters. The van der Waals surface area contributed by atoms with E-state index >= 15 is 0 Å². The number of nitrogens with one attached hydrogen (secondary N) is 1. The molecular formula is C25H33N5O. The first-order chi connectivity index (χ1) is 15.1. The molecule has 3 aromatic rings. The molecule has 164 valence electrons. The summed E-state index contributed by atoms with van der Waals surface area (Å²) in [7, 11) is 0. The third-order valence-corrected chi connectivity index (χ3v) is 6.00. The van der Waals surface area contributed by atoms with Crippen LogP contribution in [0.25, 0.3) is 11.7 Å². The van der Waals surface area contributed by atoms with E-state index < -0.39 is 0 Å². The Morgan fingerprint density at radius 1 is 1.23 bits per heavy atom. The van der Waals surface area contributed by atoms with Crippen LogP contribution in [0.3, 0.4) is 0 Å². The van der Waals surface area contributed by atoms with Gasteiger partial charge in [0, 0.05) is 55.6 Å². The number of aliphatic hydroxyl groups is 1. The van der Waals surface area contributed by atoms with Crippen LogP contribution in [0.4, 0.5) is 0 Å². The van der Waals surface area contributed by atoms with Gasteiger partial charge in [0.15, 0.2) is 5.65 Å². The summed E-state index contributed by atoms with van der Waals surface area (Å²) in [6.07, 6.45) is 6.14. The number of aromatic nitrogens is 3. The summed E-state index contributed by atoms with van der Waals surface area (Å²) >= 11 is 0. The van der Waals surface area contributed by atoms with Crippen LogP contribution in [-0.2, 0) is 12.8 Å². The van der Waals surface area contributed by atoms with Gasteiger partial charge in [0.2, 0.25) is 0 Å². The Morgan fingerprint density at radius 3 is 2.77 bits per heavy atom. The van der Waals surface area contributed by atoms with Crippen molar-refractivity contribution in [2.45, 2.75) is 39.7 Å². The highest BCUT2D eigenvalue weighted by atomic mass is 16.3. The van der Waals surface area contributed by atoms with Crippen LogP contribution in [0.2, 0.25) is 0 Å². The van der Waals surface area contributed by atoms with E-state index in [2.05, 4.69) is 66.5 Å². The van der Waals surface area contributed by atoms with E-state index in [1.165, 1.54) is 16.7 Å². The zero-order valence-corrected chi connectivity index (χ0v) is 18.8. The zero-order chi connectivity index (χ0) is 21.8. The molecule has 6 heteroatoms. The van der Waals surface area contributed by atoms with Crippen molar-refractivity contribution in [1.82, 2.24) is 24.8 Å². The molecule has 1 aromatic carbocycles. The Balaban J connectivity index is 1.44. The number of hydrogen-bond acceptors (Lipinski definition) is 5. The van der Waals surface area contributed by atoms with Crippen LogP contribution in [0.5, 0.6) is 0 Å². The standard InChI is InChI=1S/C25H33N5O/c1-4-24-23(25-27-18(2)14-19(3)30(25)28-24)15-21-9-7-20(8-10-21)6-5-12-29-13-11-26-22(16-29)17-31/h5-10,14,22,26,31H,4,11-13,15-17H2,1-3H3. The van der Waals surface area contributed by atoms with Crippen molar-refractivity contribution in [3.63, 3.8) is 0 Å². The lowest BCUT2D eigenvalue weighted by atomic mass is 10.0. The number of piperazine rings is 1. The van der Waals surface area contributed by atoms with Gasteiger partial charge in [-0.15, -0.1) is 0 Å². The van der Waals surface area contributed by atoms with Crippen LogP contribution >= 0.6 is 0 Å². The zero-order valence-electron chi connectivity index (χ0n) is 18.8. The Bertz CT molecular complexity index is 1050. The number of rotatable bonds is 7. The molecule has 1 saturated heterocycles. The fourth-order valence-corrected chi connectivity index (χ4v) is 4.35. The van der Waals surface area contributed by atoms with Crippen molar-refractivity contribution in [2.24, 2.45) is 0 Å². The third-order valence-electron chi connectivity index (χ3n) is 6.00. The summed E-state index contributed by atoms with van der Waals surface area (Å²) in [5, 5.41) is 17.5. The lowest BCUT2D eigenvalue weighted by Gasteiger charge is -2.31. The summed E-state index contributed by atoms with van der Waals surface area (Å²) in [6, 6.07) is 11.0. The molecule has 2 aromatic heterocycles. The van der Waals surface area contributed by atoms with Crippen molar-refractivity contribution in [3.8, 4) is 0 Å². The first kappa shape index (κ1) is 21.7. The number of aryl methyl sites for hydroxylation is 3. The number of hydrogen-bond donors (Lipinski definition) is 2. The maximum atomic E-state index is 9.33. The highest BCUT2D eigenvalue weighted by Crippen LogP contribution is 2.21. The summed E-state index contributed by atoms with van der Waals surface area (Å²) in [6.45, 7) is 10.2. The molecule has 0 spiro atoms. The van der Waals surface area contributed by atoms with Crippen molar-refractivity contribution in [3.05, 3.63) is 70.2 Å². The summed E-state index contributed by atoms with van der Waals surface area (Å²) in [4.78, 5) is 7.15. The lowest BCUT2D eigenvalue weighted by Crippen LogP contribution is -2.52. The second-order valence-corrected chi connectivity index (χ2v) is 8.47. The molecule has 1 aliphatic heterocycles. The minimum atomic E-state index is 0.191. The van der Waals surface area contributed by atoms with Gasteiger partial charge < -0.3 is 10.4 Å². The van der Waals surface area contributed by atoms with Crippen LogP contribution in [0.15, 0.2) is 36.4 Å². The first-order valence-corrected chi connectivity index (χ1v) is 11.2. The van der Waals surface area contributed by atoms with Gasteiger partial charge in [-0.2, -0.15) is 5.10 Å². The number of nitrogens with zero attached hydrogens (tertiary/aromatic N) is 4. The maximum absolute atomic E-state index is 9.33. The average Bonchev–Trinajstić information content (AvgIpc) is 3.13. The minimum absolute atomic E-state index is 0.191. The van der Waals surface area contributed by atoms with Crippen LogP contribution in [0, 0.1) is 13.8 Å². The minimum Gasteiger partial charge on any atom is -0.395 e. The van der Waals surface area contributed by atoms with Gasteiger partial charge in [-0.25, -0.2) is 9.50 Å². The molecule has 31 heavy (non-hydrogen) atoms. The number of aliphatic hydroxyl groups excluding tert-OH is 1. The van der Waals surface area contributed by atoms with E-state index in [0.29, 0.717) is 0 Å². The average molecular weight is 420 g/mol. The monoisotopic (exact) mass is 419 g/mol. The van der Waals surface area contributed by atoms with Gasteiger partial charge in [-0.3, -0.25) is 4.90 Å². The predicted octanol–water partition coefficient (Wildman–Crippen LogP) is 2.78. The molecule has 1 atom stereocenters. The summed E-state index contributed by atoms with van der Waals surface area (Å²) < 4.78 is 1.98. The van der Waals surface area contributed by atoms with E-state index in [9.17, 15) is 5.11 Å². The van der Waals surface area contributed by atoms with Gasteiger partial charge in [-0.1, -0.05) is 43.3 Å². The molecular weight excluding hydrogens is 386 g/mol. The smallest absolute Gasteiger partial charge is 0.159 e. The molecule has 0 bridgehead atoms. The largest absolute Gasteiger partial charge is 0.395 e. The van der Waals surface area contributed by atoms with E-state index in [0.717, 1.165) is 61.7 Å². The lowest BCUT2D eigenvalue weighted by molar-refractivity contribution is 0.158. The van der Waals surface area contributed by atoms with Gasteiger partial charge in [-0.05, 0) is 37.5 Å². The van der Waals surface area contributed by atoms with Crippen molar-refractivity contribution in [1.29, 1.82) is 0 Å². The highest BCUT2D eigenvalue weighted by Gasteiger charge is 2.17. The molecule has 4 rings (SSSR count). The second kappa shape index (κ2) is 9.73. The molecule has 3 heterocycles. The summed E-state index contributed by atoms with van der Waals surface area (Å²) in [5.74, 6) is 0. The Labute approximate surface area is 184 Å². The van der Waals surface area contributed by atoms with E-state index in [1.54, 1.807) is 0 Å². The van der Waals surface area contributed by atoms with Gasteiger partial charge in [0.05, 0.1) is 12.3 Å². The van der Waals surface area contributed by atoms with Gasteiger partial charge in [0.25, 0.3) is 0 Å². The topological polar surface area (TPSA) is 65.7 Å². The molecule has 0 amide bonds. The molecule has 0 aliphatic carbocycles. The molecule has 1 fully saturated rings. The van der Waals surface area contributed by atoms with E-state index in [1.807, 2.05) is 11.4 Å². The number of fused-ring (bicyclic) bond motifs is 1. The Morgan fingerprint density at radius 2 is 2.03 bits per heavy atom. The fourth-order valence-electron chi connectivity index (χ4n) is 4.35. The van der Waals surface area contributed by atoms with Gasteiger partial charge >= 0.3 is 0 Å². The normalized spacial score (nSPS) is 17.7. The first-order valence-electron chi connectivity index (χ1n) is 11.2. The predicted molar refractivity (Wildman–Crippen MR) is 125 cm³/mol. The second-order valence-electron chi connectivity index (χ2n) is 8.47. The molecule has 1 aliphatic rings.